The fourth-order valence-electron chi connectivity index (χ4n) is 2.68. The summed E-state index contributed by atoms with van der Waals surface area (Å²) < 4.78 is 13.3. The minimum atomic E-state index is -0.974. The maximum absolute atomic E-state index is 13.3. The molecule has 0 amide bonds. The van der Waals surface area contributed by atoms with Crippen LogP contribution >= 0.6 is 0 Å². The monoisotopic (exact) mass is 281 g/mol. The lowest BCUT2D eigenvalue weighted by Crippen LogP contribution is -2.03. The average Bonchev–Trinajstić information content (AvgIpc) is 2.50. The third-order valence-electron chi connectivity index (χ3n) is 3.69. The van der Waals surface area contributed by atoms with Crippen LogP contribution in [-0.2, 0) is 6.42 Å². The highest BCUT2D eigenvalue weighted by Gasteiger charge is 2.15. The Balaban J connectivity index is 2.58. The summed E-state index contributed by atoms with van der Waals surface area (Å²) in [6.07, 6.45) is 11.1. The minimum Gasteiger partial charge on any atom is -0.242 e. The Labute approximate surface area is 127 Å². The van der Waals surface area contributed by atoms with Crippen LogP contribution in [-0.4, -0.2) is 6.17 Å². The lowest BCUT2D eigenvalue weighted by Gasteiger charge is -2.18. The van der Waals surface area contributed by atoms with Gasteiger partial charge in [0.1, 0.15) is 6.17 Å². The van der Waals surface area contributed by atoms with Crippen LogP contribution in [0.2, 0.25) is 0 Å². The normalized spacial score (nSPS) is 19.6. The van der Waals surface area contributed by atoms with E-state index < -0.39 is 6.17 Å². The van der Waals surface area contributed by atoms with Crippen LogP contribution < -0.4 is 0 Å². The van der Waals surface area contributed by atoms with Crippen LogP contribution in [0.3, 0.4) is 0 Å². The quantitative estimate of drug-likeness (QED) is 0.627. The molecule has 0 bridgehead atoms. The molecule has 0 N–H and O–H groups in total. The van der Waals surface area contributed by atoms with E-state index in [4.69, 9.17) is 0 Å². The first-order valence-electron chi connectivity index (χ1n) is 7.47. The van der Waals surface area contributed by atoms with E-state index in [1.807, 2.05) is 25.2 Å². The van der Waals surface area contributed by atoms with Crippen LogP contribution in [0.4, 0.5) is 4.39 Å². The lowest BCUT2D eigenvalue weighted by atomic mass is 9.87. The molecule has 1 atom stereocenters. The Kier molecular flexibility index (Phi) is 5.32. The van der Waals surface area contributed by atoms with E-state index in [-0.39, 0.29) is 0 Å². The number of hydrogen-bond donors (Lipinski definition) is 0. The Morgan fingerprint density at radius 2 is 2.05 bits per heavy atom. The molecule has 0 nitrogen and oxygen atoms in total. The van der Waals surface area contributed by atoms with Crippen LogP contribution in [0.5, 0.6) is 0 Å². The minimum absolute atomic E-state index is 0.974. The van der Waals surface area contributed by atoms with Gasteiger partial charge in [-0.15, -0.1) is 0 Å². The van der Waals surface area contributed by atoms with E-state index >= 15 is 0 Å². The second kappa shape index (κ2) is 7.21. The van der Waals surface area contributed by atoms with E-state index in [2.05, 4.69) is 44.2 Å². The summed E-state index contributed by atoms with van der Waals surface area (Å²) in [7, 11) is 0. The molecule has 0 spiro atoms. The average molecular weight is 281 g/mol. The lowest BCUT2D eigenvalue weighted by molar-refractivity contribution is 0.450. The van der Waals surface area contributed by atoms with E-state index in [0.29, 0.717) is 0 Å². The van der Waals surface area contributed by atoms with Gasteiger partial charge < -0.3 is 0 Å². The zero-order chi connectivity index (χ0) is 15.2. The van der Waals surface area contributed by atoms with Crippen molar-refractivity contribution >= 4 is 5.57 Å². The number of benzene rings is 1. The largest absolute Gasteiger partial charge is 0.242 e. The molecule has 21 heavy (non-hydrogen) atoms. The van der Waals surface area contributed by atoms with Crippen molar-refractivity contribution < 1.29 is 4.39 Å². The van der Waals surface area contributed by atoms with Crippen molar-refractivity contribution in [2.24, 2.45) is 0 Å². The predicted molar refractivity (Wildman–Crippen MR) is 89.6 cm³/mol. The second-order valence-corrected chi connectivity index (χ2v) is 5.19. The van der Waals surface area contributed by atoms with Crippen LogP contribution in [0, 0.1) is 6.42 Å². The number of alkyl halides is 1. The van der Waals surface area contributed by atoms with Crippen molar-refractivity contribution in [2.45, 2.75) is 33.4 Å². The predicted octanol–water partition coefficient (Wildman–Crippen LogP) is 5.64. The molecule has 0 aromatic heterocycles. The van der Waals surface area contributed by atoms with Gasteiger partial charge in [-0.1, -0.05) is 55.5 Å². The Morgan fingerprint density at radius 1 is 1.29 bits per heavy atom. The highest BCUT2D eigenvalue weighted by molar-refractivity contribution is 5.87. The first-order valence-corrected chi connectivity index (χ1v) is 7.47. The van der Waals surface area contributed by atoms with Gasteiger partial charge in [0.15, 0.2) is 0 Å². The maximum atomic E-state index is 13.3. The van der Waals surface area contributed by atoms with Crippen LogP contribution in [0.15, 0.2) is 65.8 Å². The van der Waals surface area contributed by atoms with E-state index in [1.165, 1.54) is 22.3 Å². The summed E-state index contributed by atoms with van der Waals surface area (Å²) in [6, 6.07) is 8.44. The number of allylic oxidation sites excluding steroid dienone is 8. The highest BCUT2D eigenvalue weighted by Crippen LogP contribution is 2.33. The van der Waals surface area contributed by atoms with Crippen LogP contribution in [0.1, 0.15) is 31.9 Å². The van der Waals surface area contributed by atoms with E-state index in [9.17, 15) is 4.39 Å². The Hall–Kier alpha value is -1.89. The summed E-state index contributed by atoms with van der Waals surface area (Å²) in [5.41, 5.74) is 6.00. The summed E-state index contributed by atoms with van der Waals surface area (Å²) in [6.45, 7) is 6.29. The van der Waals surface area contributed by atoms with Crippen molar-refractivity contribution in [3.05, 3.63) is 83.3 Å². The fourth-order valence-corrected chi connectivity index (χ4v) is 2.68. The third kappa shape index (κ3) is 3.60. The van der Waals surface area contributed by atoms with Crippen molar-refractivity contribution in [2.75, 3.05) is 0 Å². The molecule has 0 fully saturated rings. The van der Waals surface area contributed by atoms with E-state index in [1.54, 1.807) is 12.5 Å². The molecule has 2 rings (SSSR count). The summed E-state index contributed by atoms with van der Waals surface area (Å²) in [5.74, 6) is 0. The molecule has 0 saturated heterocycles. The molecule has 0 aliphatic heterocycles. The van der Waals surface area contributed by atoms with Gasteiger partial charge in [0.05, 0.1) is 0 Å². The molecular weight excluding hydrogens is 259 g/mol. The van der Waals surface area contributed by atoms with Crippen molar-refractivity contribution in [3.63, 3.8) is 0 Å². The molecular formula is C20H22F. The first kappa shape index (κ1) is 15.5. The van der Waals surface area contributed by atoms with Gasteiger partial charge in [0.2, 0.25) is 0 Å². The van der Waals surface area contributed by atoms with Crippen molar-refractivity contribution in [1.29, 1.82) is 0 Å². The third-order valence-corrected chi connectivity index (χ3v) is 3.69. The summed E-state index contributed by atoms with van der Waals surface area (Å²) >= 11 is 0. The SMILES string of the molecule is C/C=C/C(C)=C(\C1=C[CH]C(F)C=C1)c1ccccc1CC. The topological polar surface area (TPSA) is 0 Å². The molecule has 1 unspecified atom stereocenters. The maximum Gasteiger partial charge on any atom is 0.126 e. The zero-order valence-corrected chi connectivity index (χ0v) is 12.9. The molecule has 1 aliphatic rings. The van der Waals surface area contributed by atoms with Gasteiger partial charge in [-0.25, -0.2) is 4.39 Å². The smallest absolute Gasteiger partial charge is 0.126 e. The van der Waals surface area contributed by atoms with Gasteiger partial charge in [0.25, 0.3) is 0 Å². The Bertz CT molecular complexity index is 614. The van der Waals surface area contributed by atoms with E-state index in [0.717, 1.165) is 12.0 Å². The molecule has 1 aromatic carbocycles. The van der Waals surface area contributed by atoms with Gasteiger partial charge in [-0.2, -0.15) is 0 Å². The van der Waals surface area contributed by atoms with Gasteiger partial charge in [-0.3, -0.25) is 0 Å². The summed E-state index contributed by atoms with van der Waals surface area (Å²) in [5, 5.41) is 0. The highest BCUT2D eigenvalue weighted by atomic mass is 19.1. The second-order valence-electron chi connectivity index (χ2n) is 5.19. The first-order chi connectivity index (χ1) is 10.2. The molecule has 1 aliphatic carbocycles. The van der Waals surface area contributed by atoms with Gasteiger partial charge in [-0.05, 0) is 54.2 Å². The molecule has 0 heterocycles. The number of rotatable bonds is 4. The van der Waals surface area contributed by atoms with Crippen molar-refractivity contribution in [1.82, 2.24) is 0 Å². The molecule has 0 saturated carbocycles. The molecule has 1 radical (unpaired) electrons. The number of hydrogen-bond acceptors (Lipinski definition) is 0. The van der Waals surface area contributed by atoms with Crippen molar-refractivity contribution in [3.8, 4) is 0 Å². The molecule has 109 valence electrons. The standard InChI is InChI=1S/C20H22F/c1-4-8-15(3)20(17-11-13-18(21)14-12-17)19-10-7-6-9-16(19)5-2/h4,6-14,18H,5H2,1-3H3/b8-4+,20-15+. The molecule has 1 aromatic rings. The summed E-state index contributed by atoms with van der Waals surface area (Å²) in [4.78, 5) is 0. The fraction of sp³-hybridized carbons (Fsp3) is 0.250. The Morgan fingerprint density at radius 3 is 2.67 bits per heavy atom. The molecule has 1 heteroatoms. The van der Waals surface area contributed by atoms with Gasteiger partial charge >= 0.3 is 0 Å². The van der Waals surface area contributed by atoms with Crippen LogP contribution in [0.25, 0.3) is 5.57 Å². The number of aryl methyl sites for hydroxylation is 1. The number of halogens is 1. The zero-order valence-electron chi connectivity index (χ0n) is 12.9. The van der Waals surface area contributed by atoms with Gasteiger partial charge in [0, 0.05) is 6.42 Å².